The van der Waals surface area contributed by atoms with Crippen LogP contribution < -0.4 is 10.3 Å². The maximum Gasteiger partial charge on any atom is 0.238 e. The normalized spacial score (nSPS) is 13.0. The van der Waals surface area contributed by atoms with Gasteiger partial charge in [-0.15, -0.1) is 0 Å². The minimum atomic E-state index is -4.18. The van der Waals surface area contributed by atoms with Crippen LogP contribution in [0.5, 0.6) is 0 Å². The van der Waals surface area contributed by atoms with Gasteiger partial charge < -0.3 is 0 Å². The minimum absolute atomic E-state index is 0.288. The molecule has 0 aliphatic heterocycles. The zero-order valence-corrected chi connectivity index (χ0v) is 15.7. The molecule has 8 nitrogen and oxygen atoms in total. The maximum absolute atomic E-state index is 12.7. The van der Waals surface area contributed by atoms with Crippen LogP contribution in [0.2, 0.25) is 0 Å². The molecule has 136 valence electrons. The Bertz CT molecular complexity index is 1080. The molecule has 0 bridgehead atoms. The van der Waals surface area contributed by atoms with E-state index >= 15 is 0 Å². The van der Waals surface area contributed by atoms with Gasteiger partial charge in [0.15, 0.2) is 0 Å². The van der Waals surface area contributed by atoms with Gasteiger partial charge in [-0.1, -0.05) is 12.1 Å². The number of benzene rings is 2. The molecular formula is C14H16N2O6S3. The van der Waals surface area contributed by atoms with Gasteiger partial charge in [0.25, 0.3) is 0 Å². The Morgan fingerprint density at radius 1 is 0.640 bits per heavy atom. The maximum atomic E-state index is 12.7. The minimum Gasteiger partial charge on any atom is -0.225 e. The van der Waals surface area contributed by atoms with Gasteiger partial charge >= 0.3 is 0 Å². The van der Waals surface area contributed by atoms with Crippen LogP contribution in [-0.2, 0) is 29.9 Å². The molecule has 0 amide bonds. The predicted octanol–water partition coefficient (Wildman–Crippen LogP) is 0.431. The second-order valence-electron chi connectivity index (χ2n) is 5.45. The molecule has 2 aromatic rings. The van der Waals surface area contributed by atoms with E-state index in [1.807, 2.05) is 0 Å². The Balaban J connectivity index is 2.73. The lowest BCUT2D eigenvalue weighted by Gasteiger charge is -2.10. The highest BCUT2D eigenvalue weighted by Crippen LogP contribution is 2.27. The van der Waals surface area contributed by atoms with Gasteiger partial charge in [-0.25, -0.2) is 35.5 Å². The molecule has 11 heteroatoms. The first-order valence-corrected chi connectivity index (χ1v) is 11.3. The van der Waals surface area contributed by atoms with Crippen LogP contribution >= 0.6 is 0 Å². The fourth-order valence-corrected chi connectivity index (χ4v) is 5.32. The van der Waals surface area contributed by atoms with Crippen molar-refractivity contribution >= 4 is 29.9 Å². The first-order valence-electron chi connectivity index (χ1n) is 6.76. The smallest absolute Gasteiger partial charge is 0.225 e. The van der Waals surface area contributed by atoms with Crippen LogP contribution in [0.4, 0.5) is 0 Å². The van der Waals surface area contributed by atoms with Crippen molar-refractivity contribution in [1.82, 2.24) is 0 Å². The Morgan fingerprint density at radius 3 is 1.24 bits per heavy atom. The topological polar surface area (TPSA) is 154 Å². The summed E-state index contributed by atoms with van der Waals surface area (Å²) in [5.41, 5.74) is 0.575. The van der Waals surface area contributed by atoms with Crippen LogP contribution in [0.3, 0.4) is 0 Å². The Hall–Kier alpha value is -1.79. The van der Waals surface area contributed by atoms with Crippen LogP contribution in [0.25, 0.3) is 0 Å². The molecule has 0 aliphatic carbocycles. The molecule has 0 aliphatic rings. The fraction of sp³-hybridized carbons (Fsp3) is 0.143. The van der Waals surface area contributed by atoms with Gasteiger partial charge in [-0.3, -0.25) is 0 Å². The summed E-state index contributed by atoms with van der Waals surface area (Å²) in [5.74, 6) is 0. The molecule has 0 atom stereocenters. The monoisotopic (exact) mass is 404 g/mol. The summed E-state index contributed by atoms with van der Waals surface area (Å²) in [5, 5.41) is 10.2. The molecule has 2 aromatic carbocycles. The second-order valence-corrected chi connectivity index (χ2v) is 10.5. The fourth-order valence-electron chi connectivity index (χ4n) is 2.24. The number of nitrogens with two attached hydrogens (primary N) is 2. The van der Waals surface area contributed by atoms with E-state index in [0.717, 1.165) is 12.1 Å². The van der Waals surface area contributed by atoms with Gasteiger partial charge in [0.1, 0.15) is 0 Å². The third-order valence-electron chi connectivity index (χ3n) is 3.55. The van der Waals surface area contributed by atoms with Crippen molar-refractivity contribution in [2.75, 3.05) is 0 Å². The van der Waals surface area contributed by atoms with Gasteiger partial charge in [0, 0.05) is 0 Å². The first kappa shape index (κ1) is 19.5. The lowest BCUT2D eigenvalue weighted by molar-refractivity contribution is 0.594. The summed E-state index contributed by atoms with van der Waals surface area (Å²) in [7, 11) is -12.4. The molecule has 0 spiro atoms. The third-order valence-corrected chi connectivity index (χ3v) is 7.41. The van der Waals surface area contributed by atoms with Gasteiger partial charge in [0.2, 0.25) is 29.9 Å². The van der Waals surface area contributed by atoms with Crippen LogP contribution in [0.1, 0.15) is 11.1 Å². The molecule has 0 saturated carbocycles. The highest BCUT2D eigenvalue weighted by atomic mass is 32.2. The van der Waals surface area contributed by atoms with Crippen LogP contribution in [0, 0.1) is 13.8 Å². The predicted molar refractivity (Wildman–Crippen MR) is 90.6 cm³/mol. The summed E-state index contributed by atoms with van der Waals surface area (Å²) in [6, 6.07) is 6.93. The van der Waals surface area contributed by atoms with Crippen molar-refractivity contribution in [3.63, 3.8) is 0 Å². The summed E-state index contributed by atoms with van der Waals surface area (Å²) in [4.78, 5) is -1.31. The van der Waals surface area contributed by atoms with Gasteiger partial charge in [-0.05, 0) is 49.2 Å². The zero-order valence-electron chi connectivity index (χ0n) is 13.3. The van der Waals surface area contributed by atoms with E-state index in [4.69, 9.17) is 10.3 Å². The largest absolute Gasteiger partial charge is 0.238 e. The highest BCUT2D eigenvalue weighted by Gasteiger charge is 2.24. The van der Waals surface area contributed by atoms with Crippen molar-refractivity contribution in [3.05, 3.63) is 47.5 Å². The molecule has 0 unspecified atom stereocenters. The first-order chi connectivity index (χ1) is 11.2. The lowest BCUT2D eigenvalue weighted by Crippen LogP contribution is -2.16. The molecular weight excluding hydrogens is 388 g/mol. The van der Waals surface area contributed by atoms with E-state index in [0.29, 0.717) is 0 Å². The number of sulfone groups is 1. The third kappa shape index (κ3) is 3.90. The van der Waals surface area contributed by atoms with E-state index in [9.17, 15) is 25.3 Å². The van der Waals surface area contributed by atoms with Crippen molar-refractivity contribution in [2.45, 2.75) is 33.4 Å². The average Bonchev–Trinajstić information content (AvgIpc) is 2.45. The van der Waals surface area contributed by atoms with Gasteiger partial charge in [0.05, 0.1) is 19.6 Å². The molecule has 0 saturated heterocycles. The Labute approximate surface area is 146 Å². The number of hydrogen-bond acceptors (Lipinski definition) is 6. The molecule has 0 fully saturated rings. The highest BCUT2D eigenvalue weighted by molar-refractivity contribution is 7.92. The van der Waals surface area contributed by atoms with Crippen LogP contribution in [0.15, 0.2) is 56.0 Å². The van der Waals surface area contributed by atoms with E-state index < -0.39 is 29.9 Å². The quantitative estimate of drug-likeness (QED) is 0.753. The van der Waals surface area contributed by atoms with E-state index in [1.54, 1.807) is 0 Å². The second kappa shape index (κ2) is 6.18. The molecule has 0 heterocycles. The van der Waals surface area contributed by atoms with Crippen molar-refractivity contribution in [2.24, 2.45) is 10.3 Å². The van der Waals surface area contributed by atoms with Crippen molar-refractivity contribution < 1.29 is 25.3 Å². The SMILES string of the molecule is Cc1ccc(S(=O)(=O)c2ccc(C)c(S(N)(=O)=O)c2)cc1S(N)(=O)=O. The number of aryl methyl sites for hydroxylation is 2. The summed E-state index contributed by atoms with van der Waals surface area (Å²) in [6.45, 7) is 2.95. The summed E-state index contributed by atoms with van der Waals surface area (Å²) >= 11 is 0. The zero-order chi connectivity index (χ0) is 19.2. The van der Waals surface area contributed by atoms with E-state index in [1.165, 1.54) is 38.1 Å². The van der Waals surface area contributed by atoms with Crippen molar-refractivity contribution in [3.8, 4) is 0 Å². The van der Waals surface area contributed by atoms with E-state index in [2.05, 4.69) is 0 Å². The Kier molecular flexibility index (Phi) is 4.83. The molecule has 0 aromatic heterocycles. The molecule has 2 rings (SSSR count). The lowest BCUT2D eigenvalue weighted by atomic mass is 10.2. The molecule has 25 heavy (non-hydrogen) atoms. The van der Waals surface area contributed by atoms with Crippen LogP contribution in [-0.4, -0.2) is 25.3 Å². The van der Waals surface area contributed by atoms with Gasteiger partial charge in [-0.2, -0.15) is 0 Å². The standard InChI is InChI=1S/C14H16N2O6S3/c1-9-3-5-11(7-13(9)24(15,19)20)23(17,18)12-6-4-10(2)14(8-12)25(16,21)22/h3-8H,1-2H3,(H2,15,19,20)(H2,16,21,22). The molecule has 0 radical (unpaired) electrons. The number of sulfonamides is 2. The van der Waals surface area contributed by atoms with Crippen molar-refractivity contribution in [1.29, 1.82) is 0 Å². The summed E-state index contributed by atoms with van der Waals surface area (Å²) < 4.78 is 71.8. The Morgan fingerprint density at radius 2 is 0.960 bits per heavy atom. The summed E-state index contributed by atoms with van der Waals surface area (Å²) in [6.07, 6.45) is 0. The van der Waals surface area contributed by atoms with E-state index in [-0.39, 0.29) is 30.7 Å². The molecule has 4 N–H and O–H groups in total. The number of primary sulfonamides is 2. The average molecular weight is 404 g/mol. The number of hydrogen-bond donors (Lipinski definition) is 2. The number of rotatable bonds is 4.